The Hall–Kier alpha value is -2.13. The molecule has 9 heteroatoms. The molecule has 1 aromatic heterocycles. The van der Waals surface area contributed by atoms with Crippen LogP contribution in [0.4, 0.5) is 5.13 Å². The van der Waals surface area contributed by atoms with Gasteiger partial charge in [0.2, 0.25) is 0 Å². The number of hydrogen-bond donors (Lipinski definition) is 1. The summed E-state index contributed by atoms with van der Waals surface area (Å²) >= 11 is 1.46. The van der Waals surface area contributed by atoms with E-state index in [-0.39, 0.29) is 4.90 Å². The molecule has 0 fully saturated rings. The van der Waals surface area contributed by atoms with Gasteiger partial charge in [-0.3, -0.25) is 0 Å². The van der Waals surface area contributed by atoms with Gasteiger partial charge in [-0.15, -0.1) is 0 Å². The number of aromatic nitrogens is 1. The summed E-state index contributed by atoms with van der Waals surface area (Å²) in [6.45, 7) is 8.24. The fourth-order valence-electron chi connectivity index (χ4n) is 2.07. The third kappa shape index (κ3) is 5.17. The van der Waals surface area contributed by atoms with Gasteiger partial charge in [0, 0.05) is 19.3 Å². The minimum Gasteiger partial charge on any atom is -0.494 e. The van der Waals surface area contributed by atoms with E-state index in [1.807, 2.05) is 6.92 Å². The number of hydrazone groups is 1. The number of nitrogens with one attached hydrogen (secondary N) is 1. The van der Waals surface area contributed by atoms with Gasteiger partial charge >= 0.3 is 0 Å². The lowest BCUT2D eigenvalue weighted by Crippen LogP contribution is -2.21. The van der Waals surface area contributed by atoms with Gasteiger partial charge in [-0.05, 0) is 45.0 Å². The van der Waals surface area contributed by atoms with E-state index in [1.54, 1.807) is 18.3 Å². The Balaban J connectivity index is 2.02. The molecular weight excluding hydrogens is 360 g/mol. The van der Waals surface area contributed by atoms with E-state index in [9.17, 15) is 8.42 Å². The maximum atomic E-state index is 12.2. The number of thiazole rings is 1. The van der Waals surface area contributed by atoms with Crippen LogP contribution in [-0.4, -0.2) is 39.3 Å². The van der Waals surface area contributed by atoms with Crippen molar-refractivity contribution in [1.82, 2.24) is 9.82 Å². The van der Waals surface area contributed by atoms with E-state index >= 15 is 0 Å². The second-order valence-electron chi connectivity index (χ2n) is 4.97. The average Bonchev–Trinajstić information content (AvgIpc) is 3.05. The van der Waals surface area contributed by atoms with Crippen molar-refractivity contribution in [2.45, 2.75) is 25.7 Å². The normalized spacial score (nSPS) is 11.6. The molecule has 1 N–H and O–H groups in total. The van der Waals surface area contributed by atoms with Gasteiger partial charge in [0.15, 0.2) is 5.13 Å². The molecule has 0 aliphatic heterocycles. The van der Waals surface area contributed by atoms with E-state index in [4.69, 9.17) is 4.74 Å². The Bertz CT molecular complexity index is 797. The van der Waals surface area contributed by atoms with Crippen LogP contribution in [0, 0.1) is 0 Å². The zero-order valence-corrected chi connectivity index (χ0v) is 16.1. The molecule has 0 bridgehead atoms. The molecule has 25 heavy (non-hydrogen) atoms. The molecule has 0 aliphatic carbocycles. The highest BCUT2D eigenvalue weighted by atomic mass is 32.2. The van der Waals surface area contributed by atoms with E-state index in [0.717, 1.165) is 23.1 Å². The largest absolute Gasteiger partial charge is 0.494 e. The number of ether oxygens (including phenoxy) is 1. The standard InChI is InChI=1S/C16H22N4O3S2/c1-4-20(5-2)16-17-11-14(24-16)12-18-19-25(21,22)15-9-7-13(8-10-15)23-6-3/h7-12,19H,4-6H2,1-3H3. The molecule has 0 amide bonds. The smallest absolute Gasteiger partial charge is 0.276 e. The summed E-state index contributed by atoms with van der Waals surface area (Å²) in [6, 6.07) is 6.19. The molecule has 136 valence electrons. The van der Waals surface area contributed by atoms with Crippen LogP contribution in [0.5, 0.6) is 5.75 Å². The summed E-state index contributed by atoms with van der Waals surface area (Å²) in [5.74, 6) is 0.624. The van der Waals surface area contributed by atoms with Crippen molar-refractivity contribution < 1.29 is 13.2 Å². The third-order valence-corrected chi connectivity index (χ3v) is 5.59. The van der Waals surface area contributed by atoms with Gasteiger partial charge in [0.05, 0.1) is 22.6 Å². The van der Waals surface area contributed by atoms with Crippen LogP contribution in [0.25, 0.3) is 0 Å². The number of nitrogens with zero attached hydrogens (tertiary/aromatic N) is 3. The summed E-state index contributed by atoms with van der Waals surface area (Å²) in [7, 11) is -3.71. The van der Waals surface area contributed by atoms with E-state index < -0.39 is 10.0 Å². The Morgan fingerprint density at radius 2 is 1.92 bits per heavy atom. The van der Waals surface area contributed by atoms with Crippen LogP contribution < -0.4 is 14.5 Å². The van der Waals surface area contributed by atoms with Gasteiger partial charge < -0.3 is 9.64 Å². The lowest BCUT2D eigenvalue weighted by Gasteiger charge is -2.16. The lowest BCUT2D eigenvalue weighted by atomic mass is 10.3. The maximum Gasteiger partial charge on any atom is 0.276 e. The van der Waals surface area contributed by atoms with Crippen molar-refractivity contribution in [2.24, 2.45) is 5.10 Å². The van der Waals surface area contributed by atoms with Crippen LogP contribution in [0.1, 0.15) is 25.6 Å². The van der Waals surface area contributed by atoms with Crippen LogP contribution in [0.3, 0.4) is 0 Å². The maximum absolute atomic E-state index is 12.2. The van der Waals surface area contributed by atoms with E-state index in [1.165, 1.54) is 29.7 Å². The summed E-state index contributed by atoms with van der Waals surface area (Å²) in [4.78, 5) is 9.55. The van der Waals surface area contributed by atoms with Crippen molar-refractivity contribution >= 4 is 32.7 Å². The van der Waals surface area contributed by atoms with Gasteiger partial charge in [-0.2, -0.15) is 13.5 Å². The van der Waals surface area contributed by atoms with E-state index in [2.05, 4.69) is 33.7 Å². The molecule has 0 saturated carbocycles. The van der Waals surface area contributed by atoms with Crippen molar-refractivity contribution in [3.8, 4) is 5.75 Å². The van der Waals surface area contributed by atoms with Gasteiger partial charge in [-0.1, -0.05) is 11.3 Å². The molecule has 1 heterocycles. The highest BCUT2D eigenvalue weighted by Crippen LogP contribution is 2.21. The van der Waals surface area contributed by atoms with Gasteiger partial charge in [0.1, 0.15) is 5.75 Å². The SMILES string of the molecule is CCOc1ccc(S(=O)(=O)NN=Cc2cnc(N(CC)CC)s2)cc1. The predicted octanol–water partition coefficient (Wildman–Crippen LogP) is 2.70. The van der Waals surface area contributed by atoms with Crippen molar-refractivity contribution in [2.75, 3.05) is 24.6 Å². The first-order valence-electron chi connectivity index (χ1n) is 7.98. The Labute approximate surface area is 152 Å². The second-order valence-corrected chi connectivity index (χ2v) is 7.68. The topological polar surface area (TPSA) is 83.9 Å². The summed E-state index contributed by atoms with van der Waals surface area (Å²) in [5, 5.41) is 4.72. The number of hydrogen-bond acceptors (Lipinski definition) is 7. The second kappa shape index (κ2) is 8.82. The molecule has 2 rings (SSSR count). The molecule has 0 atom stereocenters. The molecule has 7 nitrogen and oxygen atoms in total. The monoisotopic (exact) mass is 382 g/mol. The Morgan fingerprint density at radius 3 is 2.52 bits per heavy atom. The molecule has 0 aliphatic rings. The highest BCUT2D eigenvalue weighted by Gasteiger charge is 2.13. The number of sulfonamides is 1. The third-order valence-electron chi connectivity index (χ3n) is 3.36. The molecule has 0 unspecified atom stereocenters. The van der Waals surface area contributed by atoms with Crippen LogP contribution in [-0.2, 0) is 10.0 Å². The van der Waals surface area contributed by atoms with Crippen molar-refractivity contribution in [3.05, 3.63) is 35.3 Å². The lowest BCUT2D eigenvalue weighted by molar-refractivity contribution is 0.340. The van der Waals surface area contributed by atoms with Crippen LogP contribution in [0.15, 0.2) is 40.5 Å². The summed E-state index contributed by atoms with van der Waals surface area (Å²) in [5.41, 5.74) is 0. The fraction of sp³-hybridized carbons (Fsp3) is 0.375. The van der Waals surface area contributed by atoms with Gasteiger partial charge in [0.25, 0.3) is 10.0 Å². The van der Waals surface area contributed by atoms with Crippen LogP contribution in [0.2, 0.25) is 0 Å². The quantitative estimate of drug-likeness (QED) is 0.532. The van der Waals surface area contributed by atoms with E-state index in [0.29, 0.717) is 12.4 Å². The first-order chi connectivity index (χ1) is 12.0. The summed E-state index contributed by atoms with van der Waals surface area (Å²) < 4.78 is 29.7. The molecular formula is C16H22N4O3S2. The minimum atomic E-state index is -3.71. The van der Waals surface area contributed by atoms with Crippen LogP contribution >= 0.6 is 11.3 Å². The molecule has 0 saturated heterocycles. The fourth-order valence-corrected chi connectivity index (χ4v) is 3.78. The van der Waals surface area contributed by atoms with Gasteiger partial charge in [-0.25, -0.2) is 9.82 Å². The van der Waals surface area contributed by atoms with Crippen molar-refractivity contribution in [3.63, 3.8) is 0 Å². The highest BCUT2D eigenvalue weighted by molar-refractivity contribution is 7.89. The average molecular weight is 383 g/mol. The molecule has 1 aromatic carbocycles. The predicted molar refractivity (Wildman–Crippen MR) is 101 cm³/mol. The Kier molecular flexibility index (Phi) is 6.77. The molecule has 2 aromatic rings. The zero-order valence-electron chi connectivity index (χ0n) is 14.5. The number of rotatable bonds is 9. The zero-order chi connectivity index (χ0) is 18.3. The Morgan fingerprint density at radius 1 is 1.24 bits per heavy atom. The van der Waals surface area contributed by atoms with Crippen molar-refractivity contribution in [1.29, 1.82) is 0 Å². The first kappa shape index (κ1) is 19.2. The summed E-state index contributed by atoms with van der Waals surface area (Å²) in [6.07, 6.45) is 3.13. The first-order valence-corrected chi connectivity index (χ1v) is 10.3. The molecule has 0 spiro atoms. The molecule has 0 radical (unpaired) electrons. The number of anilines is 1. The number of benzene rings is 1. The minimum absolute atomic E-state index is 0.126.